The number of benzene rings is 1. The maximum Gasteiger partial charge on any atom is 0.319 e. The molecule has 0 spiro atoms. The van der Waals surface area contributed by atoms with Crippen LogP contribution < -0.4 is 0 Å². The van der Waals surface area contributed by atoms with Gasteiger partial charge in [-0.3, -0.25) is 4.79 Å². The van der Waals surface area contributed by atoms with Crippen LogP contribution in [0.5, 0.6) is 0 Å². The summed E-state index contributed by atoms with van der Waals surface area (Å²) in [6.07, 6.45) is 1.48. The number of nitrogens with zero attached hydrogens (tertiary/aromatic N) is 3. The van der Waals surface area contributed by atoms with E-state index in [0.29, 0.717) is 6.61 Å². The Kier molecular flexibility index (Phi) is 3.73. The Labute approximate surface area is 121 Å². The van der Waals surface area contributed by atoms with Crippen molar-refractivity contribution in [3.63, 3.8) is 0 Å². The molecule has 0 amide bonds. The largest absolute Gasteiger partial charge is 0.465 e. The number of thioether (sulfide) groups is 1. The van der Waals surface area contributed by atoms with Gasteiger partial charge in [0.1, 0.15) is 11.1 Å². The average Bonchev–Trinajstić information content (AvgIpc) is 3.01. The van der Waals surface area contributed by atoms with Crippen molar-refractivity contribution in [2.45, 2.75) is 23.2 Å². The van der Waals surface area contributed by atoms with Crippen LogP contribution in [0.1, 0.15) is 17.8 Å². The highest BCUT2D eigenvalue weighted by atomic mass is 32.2. The van der Waals surface area contributed by atoms with Gasteiger partial charge in [0.05, 0.1) is 6.61 Å². The summed E-state index contributed by atoms with van der Waals surface area (Å²) in [6.45, 7) is 0.505. The second kappa shape index (κ2) is 5.66. The minimum Gasteiger partial charge on any atom is -0.465 e. The highest BCUT2D eigenvalue weighted by Gasteiger charge is 2.29. The molecule has 1 saturated heterocycles. The van der Waals surface area contributed by atoms with Gasteiger partial charge in [-0.05, 0) is 5.56 Å². The van der Waals surface area contributed by atoms with Gasteiger partial charge >= 0.3 is 5.97 Å². The molecule has 0 N–H and O–H groups in total. The van der Waals surface area contributed by atoms with Crippen LogP contribution in [0.4, 0.5) is 0 Å². The first-order valence-electron chi connectivity index (χ1n) is 6.49. The molecule has 1 aromatic carbocycles. The summed E-state index contributed by atoms with van der Waals surface area (Å²) in [7, 11) is 1.93. The summed E-state index contributed by atoms with van der Waals surface area (Å²) in [5, 5.41) is 9.01. The summed E-state index contributed by atoms with van der Waals surface area (Å²) < 4.78 is 6.91. The standard InChI is InChI=1S/C14H15N3O2S/c1-17-12(9-10-5-3-2-4-6-10)15-16-14(17)20-11-7-8-19-13(11)18/h2-6,11H,7-9H2,1H3/t11-/m0/s1. The zero-order valence-corrected chi connectivity index (χ0v) is 12.0. The number of ether oxygens (including phenoxy) is 1. The number of rotatable bonds is 4. The third-order valence-electron chi connectivity index (χ3n) is 3.27. The van der Waals surface area contributed by atoms with Crippen molar-refractivity contribution in [1.29, 1.82) is 0 Å². The van der Waals surface area contributed by atoms with Crippen LogP contribution in [-0.2, 0) is 23.0 Å². The molecule has 3 rings (SSSR count). The molecule has 0 aliphatic carbocycles. The highest BCUT2D eigenvalue weighted by molar-refractivity contribution is 8.00. The second-order valence-electron chi connectivity index (χ2n) is 4.68. The minimum atomic E-state index is -0.150. The number of cyclic esters (lactones) is 1. The molecule has 0 bridgehead atoms. The SMILES string of the molecule is Cn1c(Cc2ccccc2)nnc1S[C@H]1CCOC1=O. The van der Waals surface area contributed by atoms with Crippen molar-refractivity contribution in [2.75, 3.05) is 6.61 Å². The Morgan fingerprint density at radius 1 is 1.35 bits per heavy atom. The van der Waals surface area contributed by atoms with Crippen molar-refractivity contribution in [2.24, 2.45) is 7.05 Å². The summed E-state index contributed by atoms with van der Waals surface area (Å²) in [6, 6.07) is 10.1. The van der Waals surface area contributed by atoms with E-state index in [1.54, 1.807) is 0 Å². The van der Waals surface area contributed by atoms with Gasteiger partial charge in [0.2, 0.25) is 0 Å². The number of hydrogen-bond donors (Lipinski definition) is 0. The van der Waals surface area contributed by atoms with Gasteiger partial charge in [-0.15, -0.1) is 10.2 Å². The first kappa shape index (κ1) is 13.2. The van der Waals surface area contributed by atoms with Crippen molar-refractivity contribution in [1.82, 2.24) is 14.8 Å². The number of aromatic nitrogens is 3. The van der Waals surface area contributed by atoms with E-state index in [1.807, 2.05) is 29.8 Å². The van der Waals surface area contributed by atoms with E-state index < -0.39 is 0 Å². The van der Waals surface area contributed by atoms with Crippen molar-refractivity contribution in [3.05, 3.63) is 41.7 Å². The third kappa shape index (κ3) is 2.70. The molecule has 0 unspecified atom stereocenters. The number of hydrogen-bond acceptors (Lipinski definition) is 5. The third-order valence-corrected chi connectivity index (χ3v) is 4.54. The lowest BCUT2D eigenvalue weighted by atomic mass is 10.1. The normalized spacial score (nSPS) is 18.2. The molecule has 1 fully saturated rings. The van der Waals surface area contributed by atoms with Gasteiger partial charge in [0.25, 0.3) is 0 Å². The first-order valence-corrected chi connectivity index (χ1v) is 7.37. The smallest absolute Gasteiger partial charge is 0.319 e. The molecular formula is C14H15N3O2S. The molecule has 1 aliphatic heterocycles. The highest BCUT2D eigenvalue weighted by Crippen LogP contribution is 2.28. The Balaban J connectivity index is 1.73. The predicted octanol–water partition coefficient (Wildman–Crippen LogP) is 1.81. The molecular weight excluding hydrogens is 274 g/mol. The maximum absolute atomic E-state index is 11.5. The van der Waals surface area contributed by atoms with Crippen LogP contribution in [0.15, 0.2) is 35.5 Å². The summed E-state index contributed by atoms with van der Waals surface area (Å²) in [4.78, 5) is 11.5. The van der Waals surface area contributed by atoms with E-state index in [1.165, 1.54) is 17.3 Å². The van der Waals surface area contributed by atoms with Crippen LogP contribution in [0.25, 0.3) is 0 Å². The molecule has 104 valence electrons. The molecule has 2 heterocycles. The zero-order valence-electron chi connectivity index (χ0n) is 11.2. The molecule has 5 nitrogen and oxygen atoms in total. The fraction of sp³-hybridized carbons (Fsp3) is 0.357. The number of carbonyl (C=O) groups is 1. The Bertz CT molecular complexity index is 612. The predicted molar refractivity (Wildman–Crippen MR) is 75.5 cm³/mol. The lowest BCUT2D eigenvalue weighted by Gasteiger charge is -2.06. The van der Waals surface area contributed by atoms with Gasteiger partial charge in [-0.1, -0.05) is 42.1 Å². The summed E-state index contributed by atoms with van der Waals surface area (Å²) in [5.74, 6) is 0.743. The molecule has 20 heavy (non-hydrogen) atoms. The second-order valence-corrected chi connectivity index (χ2v) is 5.85. The zero-order chi connectivity index (χ0) is 13.9. The molecule has 0 saturated carbocycles. The lowest BCUT2D eigenvalue weighted by Crippen LogP contribution is -2.11. The lowest BCUT2D eigenvalue weighted by molar-refractivity contribution is -0.137. The van der Waals surface area contributed by atoms with Crippen LogP contribution in [-0.4, -0.2) is 32.6 Å². The molecule has 2 aromatic rings. The molecule has 0 radical (unpaired) electrons. The number of esters is 1. The Morgan fingerprint density at radius 3 is 2.85 bits per heavy atom. The molecule has 6 heteroatoms. The topological polar surface area (TPSA) is 57.0 Å². The van der Waals surface area contributed by atoms with E-state index in [-0.39, 0.29) is 11.2 Å². The van der Waals surface area contributed by atoms with Crippen LogP contribution in [0.2, 0.25) is 0 Å². The van der Waals surface area contributed by atoms with Crippen molar-refractivity contribution in [3.8, 4) is 0 Å². The van der Waals surface area contributed by atoms with E-state index in [0.717, 1.165) is 23.8 Å². The average molecular weight is 289 g/mol. The van der Waals surface area contributed by atoms with Crippen molar-refractivity contribution < 1.29 is 9.53 Å². The van der Waals surface area contributed by atoms with Crippen LogP contribution in [0, 0.1) is 0 Å². The van der Waals surface area contributed by atoms with E-state index >= 15 is 0 Å². The first-order chi connectivity index (χ1) is 9.74. The Hall–Kier alpha value is -1.82. The quantitative estimate of drug-likeness (QED) is 0.804. The molecule has 1 atom stereocenters. The van der Waals surface area contributed by atoms with Gasteiger partial charge in [-0.2, -0.15) is 0 Å². The monoisotopic (exact) mass is 289 g/mol. The van der Waals surface area contributed by atoms with E-state index in [2.05, 4.69) is 22.3 Å². The van der Waals surface area contributed by atoms with Crippen molar-refractivity contribution >= 4 is 17.7 Å². The fourth-order valence-electron chi connectivity index (χ4n) is 2.09. The maximum atomic E-state index is 11.5. The van der Waals surface area contributed by atoms with E-state index in [4.69, 9.17) is 4.74 Å². The fourth-order valence-corrected chi connectivity index (χ4v) is 3.08. The number of carbonyl (C=O) groups excluding carboxylic acids is 1. The molecule has 1 aliphatic rings. The van der Waals surface area contributed by atoms with E-state index in [9.17, 15) is 4.79 Å². The summed E-state index contributed by atoms with van der Waals surface area (Å²) in [5.41, 5.74) is 1.19. The van der Waals surface area contributed by atoms with Gasteiger partial charge < -0.3 is 9.30 Å². The molecule has 1 aromatic heterocycles. The summed E-state index contributed by atoms with van der Waals surface area (Å²) >= 11 is 1.43. The van der Waals surface area contributed by atoms with Gasteiger partial charge in [0.15, 0.2) is 5.16 Å². The minimum absolute atomic E-state index is 0.150. The van der Waals surface area contributed by atoms with Gasteiger partial charge in [0, 0.05) is 19.9 Å². The van der Waals surface area contributed by atoms with Gasteiger partial charge in [-0.25, -0.2) is 0 Å². The Morgan fingerprint density at radius 2 is 2.15 bits per heavy atom. The van der Waals surface area contributed by atoms with Crippen LogP contribution in [0.3, 0.4) is 0 Å². The van der Waals surface area contributed by atoms with Crippen LogP contribution >= 0.6 is 11.8 Å².